The van der Waals surface area contributed by atoms with Gasteiger partial charge in [-0.2, -0.15) is 0 Å². The lowest BCUT2D eigenvalue weighted by Crippen LogP contribution is -2.45. The molecular weight excluding hydrogens is 306 g/mol. The van der Waals surface area contributed by atoms with E-state index in [2.05, 4.69) is 51.7 Å². The van der Waals surface area contributed by atoms with E-state index in [1.807, 2.05) is 7.05 Å². The number of likely N-dealkylation sites (tertiary alicyclic amines) is 1. The quantitative estimate of drug-likeness (QED) is 0.619. The summed E-state index contributed by atoms with van der Waals surface area (Å²) < 4.78 is 0. The monoisotopic (exact) mass is 337 g/mol. The number of nitrogens with one attached hydrogen (secondary N) is 2. The van der Waals surface area contributed by atoms with Crippen molar-refractivity contribution in [1.82, 2.24) is 20.5 Å². The second kappa shape index (κ2) is 9.23. The summed E-state index contributed by atoms with van der Waals surface area (Å²) >= 11 is 1.71. The summed E-state index contributed by atoms with van der Waals surface area (Å²) in [5.74, 6) is 1.35. The summed E-state index contributed by atoms with van der Waals surface area (Å²) in [5, 5.41) is 10.0. The summed E-state index contributed by atoms with van der Waals surface area (Å²) in [4.78, 5) is 11.5. The molecule has 130 valence electrons. The zero-order valence-electron chi connectivity index (χ0n) is 14.9. The molecule has 2 rings (SSSR count). The number of piperidine rings is 1. The van der Waals surface area contributed by atoms with E-state index >= 15 is 0 Å². The van der Waals surface area contributed by atoms with Crippen LogP contribution in [0.25, 0.3) is 0 Å². The molecule has 1 aromatic heterocycles. The van der Waals surface area contributed by atoms with E-state index in [4.69, 9.17) is 0 Å². The maximum absolute atomic E-state index is 4.64. The fourth-order valence-electron chi connectivity index (χ4n) is 2.86. The highest BCUT2D eigenvalue weighted by Crippen LogP contribution is 2.17. The third kappa shape index (κ3) is 5.77. The first-order valence-corrected chi connectivity index (χ1v) is 9.61. The second-order valence-electron chi connectivity index (χ2n) is 6.55. The average Bonchev–Trinajstić information content (AvgIpc) is 3.01. The molecule has 1 aliphatic heterocycles. The summed E-state index contributed by atoms with van der Waals surface area (Å²) in [6.45, 7) is 10.7. The van der Waals surface area contributed by atoms with Gasteiger partial charge in [0.25, 0.3) is 0 Å². The molecule has 0 spiro atoms. The van der Waals surface area contributed by atoms with Crippen molar-refractivity contribution in [2.24, 2.45) is 4.99 Å². The van der Waals surface area contributed by atoms with E-state index in [1.54, 1.807) is 11.3 Å². The van der Waals surface area contributed by atoms with Gasteiger partial charge in [0, 0.05) is 31.6 Å². The highest BCUT2D eigenvalue weighted by Gasteiger charge is 2.17. The van der Waals surface area contributed by atoms with Gasteiger partial charge in [0.2, 0.25) is 0 Å². The van der Waals surface area contributed by atoms with Gasteiger partial charge in [-0.25, -0.2) is 4.98 Å². The van der Waals surface area contributed by atoms with Crippen molar-refractivity contribution in [2.75, 3.05) is 26.7 Å². The topological polar surface area (TPSA) is 52.6 Å². The van der Waals surface area contributed by atoms with Crippen LogP contribution in [0, 0.1) is 0 Å². The number of rotatable bonds is 6. The van der Waals surface area contributed by atoms with Gasteiger partial charge in [0.15, 0.2) is 5.96 Å². The van der Waals surface area contributed by atoms with E-state index in [0.29, 0.717) is 12.0 Å². The minimum Gasteiger partial charge on any atom is -0.355 e. The molecule has 5 nitrogen and oxygen atoms in total. The molecule has 0 bridgehead atoms. The smallest absolute Gasteiger partial charge is 0.191 e. The summed E-state index contributed by atoms with van der Waals surface area (Å²) in [5.41, 5.74) is 1.17. The van der Waals surface area contributed by atoms with E-state index in [-0.39, 0.29) is 0 Å². The van der Waals surface area contributed by atoms with Crippen LogP contribution in [0.1, 0.15) is 56.7 Å². The Hall–Kier alpha value is -1.14. The maximum atomic E-state index is 4.64. The Morgan fingerprint density at radius 3 is 2.91 bits per heavy atom. The lowest BCUT2D eigenvalue weighted by molar-refractivity contribution is 0.163. The Morgan fingerprint density at radius 1 is 1.43 bits per heavy atom. The van der Waals surface area contributed by atoms with E-state index in [0.717, 1.165) is 30.6 Å². The van der Waals surface area contributed by atoms with E-state index in [9.17, 15) is 0 Å². The van der Waals surface area contributed by atoms with Crippen LogP contribution in [0.3, 0.4) is 0 Å². The molecular formula is C17H31N5S. The molecule has 23 heavy (non-hydrogen) atoms. The predicted molar refractivity (Wildman–Crippen MR) is 99.3 cm³/mol. The molecule has 1 saturated heterocycles. The predicted octanol–water partition coefficient (Wildman–Crippen LogP) is 2.81. The third-order valence-corrected chi connectivity index (χ3v) is 5.29. The number of hydrogen-bond donors (Lipinski definition) is 2. The Balaban J connectivity index is 1.70. The average molecular weight is 338 g/mol. The largest absolute Gasteiger partial charge is 0.355 e. The zero-order chi connectivity index (χ0) is 16.7. The molecule has 1 atom stereocenters. The molecule has 0 amide bonds. The van der Waals surface area contributed by atoms with Crippen molar-refractivity contribution in [1.29, 1.82) is 0 Å². The molecule has 1 aromatic rings. The second-order valence-corrected chi connectivity index (χ2v) is 7.50. The van der Waals surface area contributed by atoms with Crippen molar-refractivity contribution in [3.8, 4) is 0 Å². The Bertz CT molecular complexity index is 497. The highest BCUT2D eigenvalue weighted by molar-refractivity contribution is 7.09. The summed E-state index contributed by atoms with van der Waals surface area (Å²) in [6.07, 6.45) is 4.04. The molecule has 0 aliphatic carbocycles. The number of aliphatic imine (C=N–C) groups is 1. The normalized spacial score (nSPS) is 20.0. The molecule has 1 unspecified atom stereocenters. The van der Waals surface area contributed by atoms with Crippen LogP contribution < -0.4 is 10.6 Å². The minimum absolute atomic E-state index is 0.490. The number of hydrogen-bond acceptors (Lipinski definition) is 4. The van der Waals surface area contributed by atoms with Gasteiger partial charge in [0.1, 0.15) is 5.01 Å². The van der Waals surface area contributed by atoms with E-state index in [1.165, 1.54) is 31.5 Å². The number of nitrogens with zero attached hydrogens (tertiary/aromatic N) is 3. The Kier molecular flexibility index (Phi) is 7.30. The van der Waals surface area contributed by atoms with Crippen LogP contribution in [0.15, 0.2) is 10.4 Å². The molecule has 6 heteroatoms. The highest BCUT2D eigenvalue weighted by atomic mass is 32.1. The lowest BCUT2D eigenvalue weighted by atomic mass is 10.0. The zero-order valence-corrected chi connectivity index (χ0v) is 15.7. The van der Waals surface area contributed by atoms with Crippen molar-refractivity contribution in [3.05, 3.63) is 16.1 Å². The van der Waals surface area contributed by atoms with Gasteiger partial charge in [-0.3, -0.25) is 9.89 Å². The van der Waals surface area contributed by atoms with Crippen LogP contribution in [0.4, 0.5) is 0 Å². The van der Waals surface area contributed by atoms with E-state index < -0.39 is 0 Å². The van der Waals surface area contributed by atoms with Gasteiger partial charge < -0.3 is 10.6 Å². The maximum Gasteiger partial charge on any atom is 0.191 e. The molecule has 1 aliphatic rings. The molecule has 0 radical (unpaired) electrons. The Morgan fingerprint density at radius 2 is 2.26 bits per heavy atom. The summed E-state index contributed by atoms with van der Waals surface area (Å²) in [7, 11) is 1.82. The number of aromatic nitrogens is 1. The first-order chi connectivity index (χ1) is 11.1. The van der Waals surface area contributed by atoms with Crippen molar-refractivity contribution >= 4 is 17.3 Å². The van der Waals surface area contributed by atoms with Gasteiger partial charge in [-0.15, -0.1) is 11.3 Å². The van der Waals surface area contributed by atoms with Crippen LogP contribution in [0.5, 0.6) is 0 Å². The van der Waals surface area contributed by atoms with Crippen molar-refractivity contribution in [2.45, 2.75) is 58.5 Å². The molecule has 0 saturated carbocycles. The number of guanidine groups is 1. The minimum atomic E-state index is 0.490. The first kappa shape index (κ1) is 18.2. The van der Waals surface area contributed by atoms with Crippen LogP contribution in [0.2, 0.25) is 0 Å². The van der Waals surface area contributed by atoms with Crippen LogP contribution in [-0.4, -0.2) is 48.6 Å². The van der Waals surface area contributed by atoms with Gasteiger partial charge >= 0.3 is 0 Å². The van der Waals surface area contributed by atoms with Gasteiger partial charge in [-0.1, -0.05) is 20.3 Å². The van der Waals surface area contributed by atoms with Crippen LogP contribution >= 0.6 is 11.3 Å². The van der Waals surface area contributed by atoms with Gasteiger partial charge in [0.05, 0.1) is 12.2 Å². The first-order valence-electron chi connectivity index (χ1n) is 8.73. The fourth-order valence-corrected chi connectivity index (χ4v) is 3.75. The molecule has 2 heterocycles. The van der Waals surface area contributed by atoms with Crippen molar-refractivity contribution < 1.29 is 0 Å². The molecule has 2 N–H and O–H groups in total. The lowest BCUT2D eigenvalue weighted by Gasteiger charge is -2.33. The Labute approximate surface area is 144 Å². The molecule has 0 aromatic carbocycles. The SMILES string of the molecule is CN=C(NCCN1CCCCC1C)NCc1nc(C(C)C)cs1. The third-order valence-electron chi connectivity index (χ3n) is 4.42. The van der Waals surface area contributed by atoms with Crippen molar-refractivity contribution in [3.63, 3.8) is 0 Å². The fraction of sp³-hybridized carbons (Fsp3) is 0.765. The molecule has 1 fully saturated rings. The van der Waals surface area contributed by atoms with Gasteiger partial charge in [-0.05, 0) is 32.2 Å². The summed E-state index contributed by atoms with van der Waals surface area (Å²) in [6, 6.07) is 0.713. The van der Waals surface area contributed by atoms with Crippen LogP contribution in [-0.2, 0) is 6.54 Å². The standard InChI is InChI=1S/C17H31N5S/c1-13(2)15-12-23-16(21-15)11-20-17(18-4)19-8-10-22-9-6-5-7-14(22)3/h12-14H,5-11H2,1-4H3,(H2,18,19,20). The number of thiazole rings is 1.